The monoisotopic (exact) mass is 872 g/mol. The van der Waals surface area contributed by atoms with Gasteiger partial charge in [-0.15, -0.1) is 6.42 Å². The highest BCUT2D eigenvalue weighted by Gasteiger charge is 2.85. The van der Waals surface area contributed by atoms with E-state index in [4.69, 9.17) is 16.1 Å². The molecular formula is C41H39F11N6O3. The van der Waals surface area contributed by atoms with Gasteiger partial charge in [0, 0.05) is 36.1 Å². The van der Waals surface area contributed by atoms with Crippen molar-refractivity contribution in [2.75, 3.05) is 38.2 Å². The molecule has 4 atom stereocenters. The Morgan fingerprint density at radius 3 is 2.33 bits per heavy atom. The van der Waals surface area contributed by atoms with Crippen LogP contribution in [0, 0.1) is 29.9 Å². The number of benzene rings is 2. The summed E-state index contributed by atoms with van der Waals surface area (Å²) in [5.41, 5.74) is -7.81. The number of nitrogens with zero attached hydrogens (tertiary/aromatic N) is 4. The standard InChI is InChI=1S/C41H39F11N6O3/c1-2-25-27(42)9-7-22-17-24(59)18-26(30(22)25)33-32(43)34-31-29(55-33)6-3-5-21-8-10-28(21)53-14-15-54-35(31)57-36(56-34)60-20-37-12-4-16-58(37)23(11-13-37)19-61-38(39(44,45)46,40(47,48)49)41(50,51)52/h1,7,9,17-18,21,23,28,53,59H,3-6,8,10-16,19-20H2,(H,54,56,57)/t21?,23-,28-,37?/m0/s1. The zero-order valence-corrected chi connectivity index (χ0v) is 32.2. The number of phenolic OH excluding ortho intramolecular Hbond substituents is 1. The molecule has 1 saturated carbocycles. The second kappa shape index (κ2) is 15.6. The van der Waals surface area contributed by atoms with E-state index in [2.05, 4.69) is 31.3 Å². The second-order valence-electron chi connectivity index (χ2n) is 16.2. The third-order valence-electron chi connectivity index (χ3n) is 12.7. The topological polar surface area (TPSA) is 105 Å². The van der Waals surface area contributed by atoms with Gasteiger partial charge in [-0.2, -0.15) is 49.5 Å². The molecule has 61 heavy (non-hydrogen) atoms. The van der Waals surface area contributed by atoms with E-state index in [0.29, 0.717) is 61.8 Å². The van der Waals surface area contributed by atoms with Crippen molar-refractivity contribution < 1.29 is 62.9 Å². The van der Waals surface area contributed by atoms with Crippen LogP contribution in [-0.4, -0.2) is 99.6 Å². The SMILES string of the molecule is C#Cc1c(F)ccc2cc(O)cc(-c3nc4c5c(nc(OCC67CCCN6[C@H](COC(C(F)(F)F)(C(F)(F)F)C(F)(F)F)CC7)nc5c3F)NCCN[C@H]3CCC3CCC4)c12. The van der Waals surface area contributed by atoms with Crippen molar-refractivity contribution in [1.82, 2.24) is 25.2 Å². The van der Waals surface area contributed by atoms with E-state index in [9.17, 15) is 44.6 Å². The molecule has 1 aliphatic carbocycles. The average molecular weight is 873 g/mol. The van der Waals surface area contributed by atoms with Gasteiger partial charge in [0.25, 0.3) is 0 Å². The highest BCUT2D eigenvalue weighted by Crippen LogP contribution is 2.55. The highest BCUT2D eigenvalue weighted by atomic mass is 19.4. The van der Waals surface area contributed by atoms with Crippen LogP contribution in [0.5, 0.6) is 11.8 Å². The van der Waals surface area contributed by atoms with Crippen molar-refractivity contribution in [3.05, 3.63) is 47.2 Å². The number of halogens is 11. The lowest BCUT2D eigenvalue weighted by molar-refractivity contribution is -0.458. The molecule has 2 saturated heterocycles. The number of fused-ring (bicyclic) bond motifs is 3. The Bertz CT molecular complexity index is 2350. The summed E-state index contributed by atoms with van der Waals surface area (Å²) in [5, 5.41) is 18.1. The van der Waals surface area contributed by atoms with Gasteiger partial charge in [-0.25, -0.2) is 13.8 Å². The summed E-state index contributed by atoms with van der Waals surface area (Å²) in [4.78, 5) is 15.3. The van der Waals surface area contributed by atoms with Crippen LogP contribution in [0.4, 0.5) is 54.1 Å². The van der Waals surface area contributed by atoms with Crippen LogP contribution in [0.15, 0.2) is 24.3 Å². The molecule has 2 unspecified atom stereocenters. The number of alkyl halides is 9. The molecule has 4 aromatic rings. The van der Waals surface area contributed by atoms with Gasteiger partial charge in [0.05, 0.1) is 28.8 Å². The van der Waals surface area contributed by atoms with Gasteiger partial charge in [0.1, 0.15) is 35.2 Å². The minimum atomic E-state index is -6.86. The average Bonchev–Trinajstić information content (AvgIpc) is 3.73. The van der Waals surface area contributed by atoms with Gasteiger partial charge < -0.3 is 25.2 Å². The molecule has 2 aromatic heterocycles. The minimum Gasteiger partial charge on any atom is -0.508 e. The van der Waals surface area contributed by atoms with Crippen LogP contribution in [-0.2, 0) is 11.2 Å². The van der Waals surface area contributed by atoms with Gasteiger partial charge in [-0.3, -0.25) is 4.90 Å². The quantitative estimate of drug-likeness (QED) is 0.124. The molecule has 8 rings (SSSR count). The first-order chi connectivity index (χ1) is 28.8. The number of pyridine rings is 1. The number of ether oxygens (including phenoxy) is 2. The van der Waals surface area contributed by atoms with Crippen molar-refractivity contribution in [2.24, 2.45) is 5.92 Å². The van der Waals surface area contributed by atoms with Crippen LogP contribution in [0.2, 0.25) is 0 Å². The predicted molar refractivity (Wildman–Crippen MR) is 200 cm³/mol. The maximum atomic E-state index is 17.2. The Morgan fingerprint density at radius 1 is 0.885 bits per heavy atom. The fourth-order valence-electron chi connectivity index (χ4n) is 9.62. The number of anilines is 1. The van der Waals surface area contributed by atoms with E-state index < -0.39 is 54.0 Å². The molecule has 2 aromatic carbocycles. The van der Waals surface area contributed by atoms with Crippen molar-refractivity contribution in [3.8, 4) is 35.4 Å². The first kappa shape index (κ1) is 42.9. The summed E-state index contributed by atoms with van der Waals surface area (Å²) in [6.07, 6.45) is -10.3. The van der Waals surface area contributed by atoms with E-state index in [1.807, 2.05) is 0 Å². The summed E-state index contributed by atoms with van der Waals surface area (Å²) < 4.78 is 165. The van der Waals surface area contributed by atoms with Crippen molar-refractivity contribution in [1.29, 1.82) is 0 Å². The lowest BCUT2D eigenvalue weighted by Gasteiger charge is -2.40. The lowest BCUT2D eigenvalue weighted by atomic mass is 9.76. The Hall–Kier alpha value is -4.74. The van der Waals surface area contributed by atoms with Crippen molar-refractivity contribution in [2.45, 2.75) is 99.5 Å². The molecule has 0 amide bonds. The first-order valence-electron chi connectivity index (χ1n) is 19.8. The summed E-state index contributed by atoms with van der Waals surface area (Å²) in [6.45, 7) is -0.887. The number of nitrogens with one attached hydrogen (secondary N) is 2. The molecule has 328 valence electrons. The molecule has 0 radical (unpaired) electrons. The summed E-state index contributed by atoms with van der Waals surface area (Å²) in [6, 6.07) is 3.76. The maximum Gasteiger partial charge on any atom is 0.435 e. The number of hydrogen-bond acceptors (Lipinski definition) is 9. The van der Waals surface area contributed by atoms with E-state index in [1.165, 1.54) is 23.1 Å². The molecule has 9 nitrogen and oxygen atoms in total. The molecule has 3 fully saturated rings. The fourth-order valence-corrected chi connectivity index (χ4v) is 9.62. The van der Waals surface area contributed by atoms with E-state index in [0.717, 1.165) is 25.3 Å². The van der Waals surface area contributed by atoms with Gasteiger partial charge >= 0.3 is 30.1 Å². The van der Waals surface area contributed by atoms with Crippen molar-refractivity contribution in [3.63, 3.8) is 0 Å². The number of aromatic hydroxyl groups is 1. The third kappa shape index (κ3) is 7.33. The number of hydrogen-bond donors (Lipinski definition) is 3. The second-order valence-corrected chi connectivity index (χ2v) is 16.2. The zero-order chi connectivity index (χ0) is 43.7. The van der Waals surface area contributed by atoms with Crippen LogP contribution in [0.25, 0.3) is 32.9 Å². The van der Waals surface area contributed by atoms with Gasteiger partial charge in [-0.1, -0.05) is 12.0 Å². The molecule has 3 aliphatic heterocycles. The number of aryl methyl sites for hydroxylation is 1. The fraction of sp³-hybridized carbons (Fsp3) is 0.537. The maximum absolute atomic E-state index is 17.2. The summed E-state index contributed by atoms with van der Waals surface area (Å²) in [7, 11) is 0. The number of rotatable bonds is 7. The van der Waals surface area contributed by atoms with E-state index in [-0.39, 0.29) is 76.7 Å². The molecule has 4 aliphatic rings. The minimum absolute atomic E-state index is 0.00615. The van der Waals surface area contributed by atoms with Crippen molar-refractivity contribution >= 4 is 27.5 Å². The Kier molecular flexibility index (Phi) is 10.9. The van der Waals surface area contributed by atoms with Gasteiger partial charge in [-0.05, 0) is 93.8 Å². The highest BCUT2D eigenvalue weighted by molar-refractivity contribution is 6.03. The third-order valence-corrected chi connectivity index (χ3v) is 12.7. The van der Waals surface area contributed by atoms with E-state index in [1.54, 1.807) is 0 Å². The molecular weight excluding hydrogens is 833 g/mol. The molecule has 5 heterocycles. The molecule has 0 spiro atoms. The normalized spacial score (nSPS) is 24.0. The Morgan fingerprint density at radius 2 is 1.64 bits per heavy atom. The zero-order valence-electron chi connectivity index (χ0n) is 32.2. The lowest BCUT2D eigenvalue weighted by Crippen LogP contribution is -2.68. The number of phenols is 1. The summed E-state index contributed by atoms with van der Waals surface area (Å²) >= 11 is 0. The summed E-state index contributed by atoms with van der Waals surface area (Å²) in [5.74, 6) is 0.869. The molecule has 20 heteroatoms. The van der Waals surface area contributed by atoms with Gasteiger partial charge in [0.15, 0.2) is 5.82 Å². The van der Waals surface area contributed by atoms with E-state index >= 15 is 8.78 Å². The number of aromatic nitrogens is 3. The molecule has 0 bridgehead atoms. The van der Waals surface area contributed by atoms with Crippen LogP contribution >= 0.6 is 0 Å². The molecule has 3 N–H and O–H groups in total. The smallest absolute Gasteiger partial charge is 0.435 e. The largest absolute Gasteiger partial charge is 0.508 e. The predicted octanol–water partition coefficient (Wildman–Crippen LogP) is 8.74. The van der Waals surface area contributed by atoms with Crippen LogP contribution in [0.3, 0.4) is 0 Å². The number of terminal acetylenes is 1. The van der Waals surface area contributed by atoms with Gasteiger partial charge in [0.2, 0.25) is 0 Å². The first-order valence-corrected chi connectivity index (χ1v) is 19.8. The Labute approximate surface area is 341 Å². The van der Waals surface area contributed by atoms with Crippen LogP contribution < -0.4 is 15.4 Å². The van der Waals surface area contributed by atoms with Crippen LogP contribution in [0.1, 0.15) is 62.6 Å². The Balaban J connectivity index is 1.17.